The molecular weight excluding hydrogens is 516 g/mol. The number of amides is 1. The number of anilines is 2. The van der Waals surface area contributed by atoms with E-state index in [1.165, 1.54) is 12.8 Å². The third-order valence-corrected chi connectivity index (χ3v) is 8.02. The van der Waals surface area contributed by atoms with Crippen LogP contribution in [-0.2, 0) is 14.8 Å². The van der Waals surface area contributed by atoms with Crippen LogP contribution in [0.25, 0.3) is 0 Å². The van der Waals surface area contributed by atoms with Crippen molar-refractivity contribution in [3.05, 3.63) is 82.8 Å². The monoisotopic (exact) mass is 542 g/mol. The van der Waals surface area contributed by atoms with Crippen molar-refractivity contribution < 1.29 is 17.9 Å². The number of nitrogens with zero attached hydrogens (tertiary/aromatic N) is 1. The van der Waals surface area contributed by atoms with Crippen molar-refractivity contribution >= 4 is 43.2 Å². The highest BCUT2D eigenvalue weighted by Gasteiger charge is 2.27. The van der Waals surface area contributed by atoms with Gasteiger partial charge in [0.15, 0.2) is 0 Å². The van der Waals surface area contributed by atoms with Crippen LogP contribution in [0.4, 0.5) is 11.4 Å². The topological polar surface area (TPSA) is 75.7 Å². The number of ether oxygens (including phenoxy) is 1. The van der Waals surface area contributed by atoms with Gasteiger partial charge in [0.25, 0.3) is 10.0 Å². The van der Waals surface area contributed by atoms with Gasteiger partial charge < -0.3 is 10.1 Å². The van der Waals surface area contributed by atoms with Gasteiger partial charge in [0.05, 0.1) is 16.7 Å². The minimum absolute atomic E-state index is 0.124. The van der Waals surface area contributed by atoms with E-state index >= 15 is 0 Å². The number of halogens is 1. The highest BCUT2D eigenvalue weighted by molar-refractivity contribution is 9.10. The van der Waals surface area contributed by atoms with Gasteiger partial charge >= 0.3 is 0 Å². The van der Waals surface area contributed by atoms with Crippen LogP contribution in [0.3, 0.4) is 0 Å². The van der Waals surface area contributed by atoms with E-state index in [4.69, 9.17) is 4.74 Å². The zero-order chi connectivity index (χ0) is 24.1. The molecule has 4 rings (SSSR count). The Balaban J connectivity index is 1.51. The summed E-state index contributed by atoms with van der Waals surface area (Å²) in [5.41, 5.74) is 1.92. The molecule has 1 fully saturated rings. The van der Waals surface area contributed by atoms with Crippen molar-refractivity contribution in [2.75, 3.05) is 16.2 Å². The summed E-state index contributed by atoms with van der Waals surface area (Å²) in [6, 6.07) is 20.6. The molecule has 1 aliphatic rings. The lowest BCUT2D eigenvalue weighted by Crippen LogP contribution is -2.38. The summed E-state index contributed by atoms with van der Waals surface area (Å²) in [6.07, 6.45) is 4.78. The summed E-state index contributed by atoms with van der Waals surface area (Å²) in [7, 11) is -3.96. The molecule has 1 N–H and O–H groups in total. The Bertz CT molecular complexity index is 1240. The first kappa shape index (κ1) is 24.3. The highest BCUT2D eigenvalue weighted by Crippen LogP contribution is 2.27. The molecule has 0 saturated heterocycles. The maximum absolute atomic E-state index is 13.5. The zero-order valence-corrected chi connectivity index (χ0v) is 21.3. The minimum atomic E-state index is -3.96. The molecule has 1 aliphatic carbocycles. The van der Waals surface area contributed by atoms with E-state index < -0.39 is 15.9 Å². The van der Waals surface area contributed by atoms with E-state index in [2.05, 4.69) is 21.2 Å². The Morgan fingerprint density at radius 1 is 1.03 bits per heavy atom. The maximum atomic E-state index is 13.5. The second-order valence-corrected chi connectivity index (χ2v) is 11.2. The van der Waals surface area contributed by atoms with E-state index in [-0.39, 0.29) is 17.5 Å². The Morgan fingerprint density at radius 3 is 2.35 bits per heavy atom. The molecular formula is C26H27BrN2O4S. The lowest BCUT2D eigenvalue weighted by molar-refractivity contribution is -0.114. The first-order valence-electron chi connectivity index (χ1n) is 11.2. The molecule has 6 nitrogen and oxygen atoms in total. The van der Waals surface area contributed by atoms with Crippen molar-refractivity contribution in [2.45, 2.75) is 43.6 Å². The van der Waals surface area contributed by atoms with Gasteiger partial charge in [-0.15, -0.1) is 0 Å². The summed E-state index contributed by atoms with van der Waals surface area (Å²) in [5, 5.41) is 2.80. The molecule has 3 aromatic rings. The second kappa shape index (κ2) is 10.6. The molecule has 1 saturated carbocycles. The highest BCUT2D eigenvalue weighted by atomic mass is 79.9. The van der Waals surface area contributed by atoms with Crippen LogP contribution in [0.1, 0.15) is 31.2 Å². The molecule has 34 heavy (non-hydrogen) atoms. The molecule has 3 aromatic carbocycles. The number of nitrogens with one attached hydrogen (secondary N) is 1. The van der Waals surface area contributed by atoms with Gasteiger partial charge in [-0.3, -0.25) is 9.10 Å². The lowest BCUT2D eigenvalue weighted by Gasteiger charge is -2.24. The molecule has 0 aliphatic heterocycles. The SMILES string of the molecule is Cc1ccc(S(=O)(=O)N(CC(=O)Nc2ccc(OC3CCCC3)cc2)c2cccc(Br)c2)cc1. The third-order valence-electron chi connectivity index (χ3n) is 5.74. The molecule has 0 heterocycles. The Morgan fingerprint density at radius 2 is 1.71 bits per heavy atom. The minimum Gasteiger partial charge on any atom is -0.490 e. The van der Waals surface area contributed by atoms with Gasteiger partial charge in [0, 0.05) is 10.2 Å². The first-order chi connectivity index (χ1) is 16.3. The second-order valence-electron chi connectivity index (χ2n) is 8.40. The predicted molar refractivity (Wildman–Crippen MR) is 138 cm³/mol. The fourth-order valence-corrected chi connectivity index (χ4v) is 5.73. The molecule has 0 atom stereocenters. The average Bonchev–Trinajstić information content (AvgIpc) is 3.32. The number of sulfonamides is 1. The summed E-state index contributed by atoms with van der Waals surface area (Å²) in [5.74, 6) is 0.322. The standard InChI is InChI=1S/C26H27BrN2O4S/c1-19-9-15-25(16-10-19)34(31,32)29(22-6-4-5-20(27)17-22)18-26(30)28-21-11-13-24(14-12-21)33-23-7-2-3-8-23/h4-6,9-17,23H,2-3,7-8,18H2,1H3,(H,28,30). The van der Waals surface area contributed by atoms with Crippen LogP contribution in [0.2, 0.25) is 0 Å². The maximum Gasteiger partial charge on any atom is 0.264 e. The van der Waals surface area contributed by atoms with Gasteiger partial charge in [-0.25, -0.2) is 8.42 Å². The number of rotatable bonds is 8. The summed E-state index contributed by atoms with van der Waals surface area (Å²) >= 11 is 3.39. The number of carbonyl (C=O) groups is 1. The van der Waals surface area contributed by atoms with Crippen molar-refractivity contribution in [2.24, 2.45) is 0 Å². The first-order valence-corrected chi connectivity index (χ1v) is 13.5. The lowest BCUT2D eigenvalue weighted by atomic mass is 10.2. The largest absolute Gasteiger partial charge is 0.490 e. The van der Waals surface area contributed by atoms with Crippen molar-refractivity contribution in [1.82, 2.24) is 0 Å². The molecule has 178 valence electrons. The molecule has 0 radical (unpaired) electrons. The average molecular weight is 543 g/mol. The Kier molecular flexibility index (Phi) is 7.58. The van der Waals surface area contributed by atoms with E-state index in [0.717, 1.165) is 28.5 Å². The van der Waals surface area contributed by atoms with E-state index in [1.54, 1.807) is 60.7 Å². The Labute approximate surface area is 209 Å². The van der Waals surface area contributed by atoms with Crippen molar-refractivity contribution in [3.8, 4) is 5.75 Å². The molecule has 0 aromatic heterocycles. The Hall–Kier alpha value is -2.84. The number of hydrogen-bond donors (Lipinski definition) is 1. The van der Waals surface area contributed by atoms with Gasteiger partial charge in [0.1, 0.15) is 12.3 Å². The van der Waals surface area contributed by atoms with Crippen molar-refractivity contribution in [1.29, 1.82) is 0 Å². The van der Waals surface area contributed by atoms with Crippen LogP contribution < -0.4 is 14.4 Å². The van der Waals surface area contributed by atoms with Gasteiger partial charge in [-0.05, 0) is 87.2 Å². The van der Waals surface area contributed by atoms with Crippen LogP contribution in [-0.4, -0.2) is 27.0 Å². The smallest absolute Gasteiger partial charge is 0.264 e. The van der Waals surface area contributed by atoms with Crippen molar-refractivity contribution in [3.63, 3.8) is 0 Å². The molecule has 0 unspecified atom stereocenters. The number of carbonyl (C=O) groups excluding carboxylic acids is 1. The van der Waals surface area contributed by atoms with Crippen LogP contribution >= 0.6 is 15.9 Å². The zero-order valence-electron chi connectivity index (χ0n) is 18.9. The van der Waals surface area contributed by atoms with E-state index in [0.29, 0.717) is 15.8 Å². The molecule has 8 heteroatoms. The van der Waals surface area contributed by atoms with Crippen LogP contribution in [0, 0.1) is 6.92 Å². The fourth-order valence-electron chi connectivity index (χ4n) is 3.93. The summed E-state index contributed by atoms with van der Waals surface area (Å²) in [6.45, 7) is 1.52. The van der Waals surface area contributed by atoms with Crippen LogP contribution in [0.5, 0.6) is 5.75 Å². The summed E-state index contributed by atoms with van der Waals surface area (Å²) in [4.78, 5) is 13.0. The molecule has 0 bridgehead atoms. The van der Waals surface area contributed by atoms with E-state index in [9.17, 15) is 13.2 Å². The third kappa shape index (κ3) is 5.98. The van der Waals surface area contributed by atoms with Gasteiger partial charge in [-0.2, -0.15) is 0 Å². The number of aryl methyl sites for hydroxylation is 1. The number of hydrogen-bond acceptors (Lipinski definition) is 4. The van der Waals surface area contributed by atoms with Crippen LogP contribution in [0.15, 0.2) is 82.2 Å². The predicted octanol–water partition coefficient (Wildman–Crippen LogP) is 5.91. The molecule has 0 spiro atoms. The van der Waals surface area contributed by atoms with Gasteiger partial charge in [0.2, 0.25) is 5.91 Å². The van der Waals surface area contributed by atoms with E-state index in [1.807, 2.05) is 19.1 Å². The molecule has 1 amide bonds. The quantitative estimate of drug-likeness (QED) is 0.383. The number of benzene rings is 3. The summed E-state index contributed by atoms with van der Waals surface area (Å²) < 4.78 is 34.7. The normalized spacial score (nSPS) is 14.1. The fraction of sp³-hybridized carbons (Fsp3) is 0.269. The van der Waals surface area contributed by atoms with Gasteiger partial charge in [-0.1, -0.05) is 39.7 Å².